The summed E-state index contributed by atoms with van der Waals surface area (Å²) < 4.78 is 40.5. The largest absolute Gasteiger partial charge is 0.484 e. The van der Waals surface area contributed by atoms with E-state index in [4.69, 9.17) is 10.2 Å². The molecule has 0 fully saturated rings. The van der Waals surface area contributed by atoms with E-state index in [0.717, 1.165) is 0 Å². The molecule has 0 spiro atoms. The van der Waals surface area contributed by atoms with E-state index in [-0.39, 0.29) is 18.6 Å². The number of hydrogen-bond acceptors (Lipinski definition) is 3. The number of carboxylic acid groups (broad SMARTS) is 2. The minimum Gasteiger partial charge on any atom is -0.484 e. The smallest absolute Gasteiger partial charge is 0.422 e. The Balaban J connectivity index is 2.77. The molecule has 0 saturated carbocycles. The van der Waals surface area contributed by atoms with Gasteiger partial charge < -0.3 is 14.9 Å². The standard InChI is InChI=1S/C13H13F3O5/c14-13(15,16)7-21-10-3-1-8(2-4-10)9(5-11(17)18)6-12(19)20/h1-4,9H,5-7H2,(H,17,18)(H,19,20). The minimum atomic E-state index is -4.45. The van der Waals surface area contributed by atoms with E-state index < -0.39 is 30.6 Å². The number of ether oxygens (including phenoxy) is 1. The molecule has 0 saturated heterocycles. The first-order valence-corrected chi connectivity index (χ1v) is 5.90. The van der Waals surface area contributed by atoms with Crippen molar-refractivity contribution in [2.45, 2.75) is 24.9 Å². The molecule has 8 heteroatoms. The molecule has 0 aromatic heterocycles. The summed E-state index contributed by atoms with van der Waals surface area (Å²) in [5.74, 6) is -3.09. The highest BCUT2D eigenvalue weighted by atomic mass is 19.4. The van der Waals surface area contributed by atoms with E-state index in [1.54, 1.807) is 0 Å². The van der Waals surface area contributed by atoms with Gasteiger partial charge in [0.2, 0.25) is 0 Å². The van der Waals surface area contributed by atoms with Gasteiger partial charge in [-0.3, -0.25) is 9.59 Å². The summed E-state index contributed by atoms with van der Waals surface area (Å²) in [6.07, 6.45) is -5.21. The van der Waals surface area contributed by atoms with Crippen molar-refractivity contribution in [3.8, 4) is 5.75 Å². The number of aliphatic carboxylic acids is 2. The van der Waals surface area contributed by atoms with Crippen molar-refractivity contribution in [3.05, 3.63) is 29.8 Å². The third-order valence-corrected chi connectivity index (χ3v) is 2.60. The van der Waals surface area contributed by atoms with Gasteiger partial charge in [-0.2, -0.15) is 13.2 Å². The highest BCUT2D eigenvalue weighted by Crippen LogP contribution is 2.26. The number of rotatable bonds is 7. The van der Waals surface area contributed by atoms with Crippen LogP contribution in [-0.4, -0.2) is 34.9 Å². The molecule has 0 aliphatic heterocycles. The lowest BCUT2D eigenvalue weighted by atomic mass is 9.92. The molecule has 0 unspecified atom stereocenters. The summed E-state index contributed by atoms with van der Waals surface area (Å²) in [7, 11) is 0. The van der Waals surface area contributed by atoms with E-state index in [1.165, 1.54) is 24.3 Å². The number of carbonyl (C=O) groups is 2. The van der Waals surface area contributed by atoms with Crippen LogP contribution in [0.4, 0.5) is 13.2 Å². The van der Waals surface area contributed by atoms with Gasteiger partial charge >= 0.3 is 18.1 Å². The van der Waals surface area contributed by atoms with Gasteiger partial charge in [0.25, 0.3) is 0 Å². The fourth-order valence-corrected chi connectivity index (χ4v) is 1.73. The molecule has 0 amide bonds. The van der Waals surface area contributed by atoms with Crippen LogP contribution in [0.1, 0.15) is 24.3 Å². The van der Waals surface area contributed by atoms with Crippen molar-refractivity contribution in [2.75, 3.05) is 6.61 Å². The average molecular weight is 306 g/mol. The third kappa shape index (κ3) is 6.64. The molecule has 0 heterocycles. The zero-order valence-electron chi connectivity index (χ0n) is 10.8. The fraction of sp³-hybridized carbons (Fsp3) is 0.385. The maximum Gasteiger partial charge on any atom is 0.422 e. The number of halogens is 3. The van der Waals surface area contributed by atoms with E-state index in [1.807, 2.05) is 0 Å². The zero-order chi connectivity index (χ0) is 16.0. The average Bonchev–Trinajstić information content (AvgIpc) is 2.34. The molecule has 5 nitrogen and oxygen atoms in total. The van der Waals surface area contributed by atoms with E-state index in [0.29, 0.717) is 5.56 Å². The van der Waals surface area contributed by atoms with E-state index in [9.17, 15) is 22.8 Å². The van der Waals surface area contributed by atoms with Gasteiger partial charge in [0.15, 0.2) is 6.61 Å². The van der Waals surface area contributed by atoms with Crippen molar-refractivity contribution >= 4 is 11.9 Å². The maximum atomic E-state index is 12.0. The van der Waals surface area contributed by atoms with Gasteiger partial charge in [-0.1, -0.05) is 12.1 Å². The summed E-state index contributed by atoms with van der Waals surface area (Å²) in [6.45, 7) is -1.43. The molecule has 0 atom stereocenters. The Labute approximate surface area is 118 Å². The lowest BCUT2D eigenvalue weighted by molar-refractivity contribution is -0.153. The number of alkyl halides is 3. The van der Waals surface area contributed by atoms with Crippen LogP contribution in [0, 0.1) is 0 Å². The Morgan fingerprint density at radius 2 is 1.52 bits per heavy atom. The Kier molecular flexibility index (Phi) is 5.57. The lowest BCUT2D eigenvalue weighted by Gasteiger charge is -2.14. The van der Waals surface area contributed by atoms with Crippen LogP contribution >= 0.6 is 0 Å². The second kappa shape index (κ2) is 6.96. The summed E-state index contributed by atoms with van der Waals surface area (Å²) in [5, 5.41) is 17.5. The van der Waals surface area contributed by atoms with Crippen LogP contribution in [0.15, 0.2) is 24.3 Å². The quantitative estimate of drug-likeness (QED) is 0.809. The molecule has 0 aliphatic carbocycles. The van der Waals surface area contributed by atoms with Crippen molar-refractivity contribution in [3.63, 3.8) is 0 Å². The first kappa shape index (κ1) is 16.8. The fourth-order valence-electron chi connectivity index (χ4n) is 1.73. The molecular formula is C13H13F3O5. The molecule has 1 aromatic carbocycles. The summed E-state index contributed by atoms with van der Waals surface area (Å²) >= 11 is 0. The van der Waals surface area contributed by atoms with E-state index in [2.05, 4.69) is 4.74 Å². The van der Waals surface area contributed by atoms with Crippen molar-refractivity contribution in [2.24, 2.45) is 0 Å². The monoisotopic (exact) mass is 306 g/mol. The van der Waals surface area contributed by atoms with Crippen molar-refractivity contribution in [1.29, 1.82) is 0 Å². The van der Waals surface area contributed by atoms with Gasteiger partial charge in [-0.15, -0.1) is 0 Å². The molecule has 0 bridgehead atoms. The first-order valence-electron chi connectivity index (χ1n) is 5.90. The van der Waals surface area contributed by atoms with E-state index >= 15 is 0 Å². The molecule has 21 heavy (non-hydrogen) atoms. The minimum absolute atomic E-state index is 0.0273. The molecule has 0 radical (unpaired) electrons. The SMILES string of the molecule is O=C(O)CC(CC(=O)O)c1ccc(OCC(F)(F)F)cc1. The van der Waals surface area contributed by atoms with Crippen LogP contribution < -0.4 is 4.74 Å². The Bertz CT molecular complexity index is 480. The van der Waals surface area contributed by atoms with Crippen molar-refractivity contribution in [1.82, 2.24) is 0 Å². The topological polar surface area (TPSA) is 83.8 Å². The number of carboxylic acids is 2. The van der Waals surface area contributed by atoms with Gasteiger partial charge in [0.1, 0.15) is 5.75 Å². The number of hydrogen-bond donors (Lipinski definition) is 2. The highest BCUT2D eigenvalue weighted by Gasteiger charge is 2.28. The van der Waals surface area contributed by atoms with Crippen LogP contribution in [0.3, 0.4) is 0 Å². The first-order chi connectivity index (χ1) is 9.67. The van der Waals surface area contributed by atoms with Gasteiger partial charge in [-0.25, -0.2) is 0 Å². The van der Waals surface area contributed by atoms with Crippen molar-refractivity contribution < 1.29 is 37.7 Å². The summed E-state index contributed by atoms with van der Waals surface area (Å²) in [4.78, 5) is 21.4. The van der Waals surface area contributed by atoms with Gasteiger partial charge in [-0.05, 0) is 17.7 Å². The Morgan fingerprint density at radius 1 is 1.05 bits per heavy atom. The normalized spacial score (nSPS) is 11.4. The Hall–Kier alpha value is -2.25. The number of benzene rings is 1. The van der Waals surface area contributed by atoms with Crippen LogP contribution in [0.5, 0.6) is 5.75 Å². The third-order valence-electron chi connectivity index (χ3n) is 2.60. The molecular weight excluding hydrogens is 293 g/mol. The molecule has 116 valence electrons. The van der Waals surface area contributed by atoms with Crippen LogP contribution in [0.2, 0.25) is 0 Å². The van der Waals surface area contributed by atoms with Crippen LogP contribution in [0.25, 0.3) is 0 Å². The maximum absolute atomic E-state index is 12.0. The predicted octanol–water partition coefficient (Wildman–Crippen LogP) is 2.66. The summed E-state index contributed by atoms with van der Waals surface area (Å²) in [5.41, 5.74) is 0.416. The Morgan fingerprint density at radius 3 is 1.90 bits per heavy atom. The lowest BCUT2D eigenvalue weighted by Crippen LogP contribution is -2.19. The van der Waals surface area contributed by atoms with Gasteiger partial charge in [0.05, 0.1) is 12.8 Å². The zero-order valence-corrected chi connectivity index (χ0v) is 10.8. The second-order valence-corrected chi connectivity index (χ2v) is 4.37. The predicted molar refractivity (Wildman–Crippen MR) is 65.2 cm³/mol. The van der Waals surface area contributed by atoms with Gasteiger partial charge in [0, 0.05) is 5.92 Å². The highest BCUT2D eigenvalue weighted by molar-refractivity contribution is 5.72. The van der Waals surface area contributed by atoms with Crippen LogP contribution in [-0.2, 0) is 9.59 Å². The molecule has 2 N–H and O–H groups in total. The summed E-state index contributed by atoms with van der Waals surface area (Å²) in [6, 6.07) is 5.22. The molecule has 0 aliphatic rings. The second-order valence-electron chi connectivity index (χ2n) is 4.37. The molecule has 1 aromatic rings. The molecule has 1 rings (SSSR count).